The molecule has 0 bridgehead atoms. The van der Waals surface area contributed by atoms with Gasteiger partial charge in [-0.3, -0.25) is 0 Å². The maximum atomic E-state index is 9.04. The first-order chi connectivity index (χ1) is 7.77. The number of aryl methyl sites for hydroxylation is 1. The smallest absolute Gasteiger partial charge is 0.112 e. The second-order valence-corrected chi connectivity index (χ2v) is 3.80. The predicted octanol–water partition coefficient (Wildman–Crippen LogP) is 1.39. The molecule has 1 N–H and O–H groups in total. The molecule has 4 nitrogen and oxygen atoms in total. The first-order valence-electron chi connectivity index (χ1n) is 5.53. The average Bonchev–Trinajstić information content (AvgIpc) is 2.68. The molecular weight excluding hydrogens is 202 g/mol. The number of nitrogens with zero attached hydrogens (tertiary/aromatic N) is 3. The maximum Gasteiger partial charge on any atom is 0.112 e. The lowest BCUT2D eigenvalue weighted by atomic mass is 10.2. The zero-order chi connectivity index (χ0) is 11.5. The standard InChI is InChI=1S/C12H17N3O/c1-3-15(7-8-16)11-6-4-5-10-12(11)13-9-14(10)2/h4-6,9,16H,3,7-8H2,1-2H3. The minimum atomic E-state index is 0.164. The highest BCUT2D eigenvalue weighted by Crippen LogP contribution is 2.24. The molecule has 0 saturated carbocycles. The molecule has 0 unspecified atom stereocenters. The molecule has 2 aromatic rings. The van der Waals surface area contributed by atoms with Gasteiger partial charge in [0, 0.05) is 20.1 Å². The first kappa shape index (κ1) is 11.0. The molecule has 0 spiro atoms. The first-order valence-corrected chi connectivity index (χ1v) is 5.53. The van der Waals surface area contributed by atoms with E-state index in [2.05, 4.69) is 28.9 Å². The fraction of sp³-hybridized carbons (Fsp3) is 0.417. The van der Waals surface area contributed by atoms with Crippen LogP contribution in [0.15, 0.2) is 24.5 Å². The van der Waals surface area contributed by atoms with Crippen LogP contribution >= 0.6 is 0 Å². The molecule has 1 aromatic carbocycles. The Morgan fingerprint density at radius 1 is 1.44 bits per heavy atom. The Morgan fingerprint density at radius 3 is 2.94 bits per heavy atom. The Kier molecular flexibility index (Phi) is 3.10. The van der Waals surface area contributed by atoms with Gasteiger partial charge in [0.25, 0.3) is 0 Å². The van der Waals surface area contributed by atoms with Crippen molar-refractivity contribution in [2.75, 3.05) is 24.6 Å². The lowest BCUT2D eigenvalue weighted by Gasteiger charge is -2.22. The second-order valence-electron chi connectivity index (χ2n) is 3.80. The van der Waals surface area contributed by atoms with Crippen molar-refractivity contribution in [2.24, 2.45) is 7.05 Å². The van der Waals surface area contributed by atoms with Crippen LogP contribution in [0.2, 0.25) is 0 Å². The van der Waals surface area contributed by atoms with Crippen LogP contribution in [0.4, 0.5) is 5.69 Å². The Labute approximate surface area is 95.1 Å². The van der Waals surface area contributed by atoms with Gasteiger partial charge in [0.1, 0.15) is 5.52 Å². The molecule has 0 aliphatic heterocycles. The Bertz CT molecular complexity index is 478. The number of para-hydroxylation sites is 1. The maximum absolute atomic E-state index is 9.04. The third-order valence-corrected chi connectivity index (χ3v) is 2.83. The molecule has 2 rings (SSSR count). The number of aromatic nitrogens is 2. The minimum Gasteiger partial charge on any atom is -0.395 e. The van der Waals surface area contributed by atoms with Gasteiger partial charge < -0.3 is 14.6 Å². The number of aliphatic hydroxyl groups excluding tert-OH is 1. The Hall–Kier alpha value is -1.55. The van der Waals surface area contributed by atoms with E-state index in [1.807, 2.05) is 24.0 Å². The van der Waals surface area contributed by atoms with Gasteiger partial charge in [0.15, 0.2) is 0 Å². The topological polar surface area (TPSA) is 41.3 Å². The molecule has 0 amide bonds. The number of hydrogen-bond donors (Lipinski definition) is 1. The lowest BCUT2D eigenvalue weighted by Crippen LogP contribution is -2.26. The second kappa shape index (κ2) is 4.53. The summed E-state index contributed by atoms with van der Waals surface area (Å²) in [5, 5.41) is 9.04. The van der Waals surface area contributed by atoms with Gasteiger partial charge in [0.2, 0.25) is 0 Å². The lowest BCUT2D eigenvalue weighted by molar-refractivity contribution is 0.302. The van der Waals surface area contributed by atoms with Crippen molar-refractivity contribution in [3.63, 3.8) is 0 Å². The van der Waals surface area contributed by atoms with Gasteiger partial charge in [0.05, 0.1) is 24.1 Å². The van der Waals surface area contributed by atoms with Gasteiger partial charge in [-0.1, -0.05) is 6.07 Å². The highest BCUT2D eigenvalue weighted by Gasteiger charge is 2.10. The molecule has 1 heterocycles. The van der Waals surface area contributed by atoms with E-state index in [4.69, 9.17) is 5.11 Å². The van der Waals surface area contributed by atoms with Crippen LogP contribution in [-0.2, 0) is 7.05 Å². The number of benzene rings is 1. The van der Waals surface area contributed by atoms with E-state index in [0.717, 1.165) is 23.3 Å². The van der Waals surface area contributed by atoms with Crippen LogP contribution < -0.4 is 4.90 Å². The zero-order valence-electron chi connectivity index (χ0n) is 9.72. The van der Waals surface area contributed by atoms with E-state index in [9.17, 15) is 0 Å². The average molecular weight is 219 g/mol. The molecule has 0 saturated heterocycles. The van der Waals surface area contributed by atoms with Crippen LogP contribution in [0.5, 0.6) is 0 Å². The van der Waals surface area contributed by atoms with E-state index in [1.54, 1.807) is 0 Å². The largest absolute Gasteiger partial charge is 0.395 e. The molecule has 4 heteroatoms. The highest BCUT2D eigenvalue weighted by atomic mass is 16.3. The summed E-state index contributed by atoms with van der Waals surface area (Å²) in [6.07, 6.45) is 1.82. The van der Waals surface area contributed by atoms with Gasteiger partial charge in [-0.2, -0.15) is 0 Å². The number of fused-ring (bicyclic) bond motifs is 1. The molecule has 0 atom stereocenters. The van der Waals surface area contributed by atoms with E-state index in [1.165, 1.54) is 0 Å². The van der Waals surface area contributed by atoms with E-state index in [-0.39, 0.29) is 6.61 Å². The van der Waals surface area contributed by atoms with Crippen molar-refractivity contribution in [3.05, 3.63) is 24.5 Å². The quantitative estimate of drug-likeness (QED) is 0.845. The van der Waals surface area contributed by atoms with Gasteiger partial charge >= 0.3 is 0 Å². The summed E-state index contributed by atoms with van der Waals surface area (Å²) in [7, 11) is 1.99. The molecular formula is C12H17N3O. The predicted molar refractivity (Wildman–Crippen MR) is 65.7 cm³/mol. The van der Waals surface area contributed by atoms with Crippen molar-refractivity contribution in [2.45, 2.75) is 6.92 Å². The third kappa shape index (κ3) is 1.76. The van der Waals surface area contributed by atoms with Crippen LogP contribution in [-0.4, -0.2) is 34.4 Å². The zero-order valence-corrected chi connectivity index (χ0v) is 9.72. The summed E-state index contributed by atoms with van der Waals surface area (Å²) in [6, 6.07) is 6.13. The van der Waals surface area contributed by atoms with Crippen molar-refractivity contribution in [1.82, 2.24) is 9.55 Å². The number of likely N-dealkylation sites (N-methyl/N-ethyl adjacent to an activating group) is 1. The molecule has 0 radical (unpaired) electrons. The molecule has 1 aromatic heterocycles. The molecule has 0 fully saturated rings. The third-order valence-electron chi connectivity index (χ3n) is 2.83. The summed E-state index contributed by atoms with van der Waals surface area (Å²) in [5.41, 5.74) is 3.21. The minimum absolute atomic E-state index is 0.164. The number of imidazole rings is 1. The van der Waals surface area contributed by atoms with Crippen molar-refractivity contribution in [3.8, 4) is 0 Å². The van der Waals surface area contributed by atoms with E-state index < -0.39 is 0 Å². The van der Waals surface area contributed by atoms with Gasteiger partial charge in [-0.25, -0.2) is 4.98 Å². The van der Waals surface area contributed by atoms with Gasteiger partial charge in [-0.15, -0.1) is 0 Å². The van der Waals surface area contributed by atoms with E-state index in [0.29, 0.717) is 6.54 Å². The molecule has 16 heavy (non-hydrogen) atoms. The van der Waals surface area contributed by atoms with Crippen molar-refractivity contribution in [1.29, 1.82) is 0 Å². The number of rotatable bonds is 4. The fourth-order valence-corrected chi connectivity index (χ4v) is 1.97. The summed E-state index contributed by atoms with van der Waals surface area (Å²) in [6.45, 7) is 3.76. The SMILES string of the molecule is CCN(CCO)c1cccc2c1ncn2C. The molecule has 0 aliphatic carbocycles. The normalized spacial score (nSPS) is 10.9. The summed E-state index contributed by atoms with van der Waals surface area (Å²) < 4.78 is 2.01. The van der Waals surface area contributed by atoms with Crippen LogP contribution in [0.25, 0.3) is 11.0 Å². The Morgan fingerprint density at radius 2 is 2.25 bits per heavy atom. The molecule has 0 aliphatic rings. The fourth-order valence-electron chi connectivity index (χ4n) is 1.97. The van der Waals surface area contributed by atoms with Crippen LogP contribution in [0.3, 0.4) is 0 Å². The Balaban J connectivity index is 2.50. The van der Waals surface area contributed by atoms with Crippen LogP contribution in [0.1, 0.15) is 6.92 Å². The van der Waals surface area contributed by atoms with Crippen molar-refractivity contribution >= 4 is 16.7 Å². The number of anilines is 1. The van der Waals surface area contributed by atoms with Crippen molar-refractivity contribution < 1.29 is 5.11 Å². The summed E-state index contributed by atoms with van der Waals surface area (Å²) in [5.74, 6) is 0. The summed E-state index contributed by atoms with van der Waals surface area (Å²) in [4.78, 5) is 6.54. The van der Waals surface area contributed by atoms with E-state index >= 15 is 0 Å². The number of hydrogen-bond acceptors (Lipinski definition) is 3. The highest BCUT2D eigenvalue weighted by molar-refractivity contribution is 5.88. The van der Waals surface area contributed by atoms with Crippen LogP contribution in [0, 0.1) is 0 Å². The number of aliphatic hydroxyl groups is 1. The monoisotopic (exact) mass is 219 g/mol. The summed E-state index contributed by atoms with van der Waals surface area (Å²) >= 11 is 0. The van der Waals surface area contributed by atoms with Gasteiger partial charge in [-0.05, 0) is 19.1 Å². The molecule has 86 valence electrons.